The van der Waals surface area contributed by atoms with Crippen LogP contribution in [0.15, 0.2) is 65.0 Å². The Labute approximate surface area is 180 Å². The number of nitrogens with one attached hydrogen (secondary N) is 1. The van der Waals surface area contributed by atoms with Crippen LogP contribution in [-0.2, 0) is 11.3 Å². The van der Waals surface area contributed by atoms with Crippen LogP contribution in [0.3, 0.4) is 0 Å². The lowest BCUT2D eigenvalue weighted by Gasteiger charge is -2.26. The summed E-state index contributed by atoms with van der Waals surface area (Å²) in [6.45, 7) is 0.380. The maximum absolute atomic E-state index is 13.3. The lowest BCUT2D eigenvalue weighted by molar-refractivity contribution is -0.122. The highest BCUT2D eigenvalue weighted by Crippen LogP contribution is 2.32. The van der Waals surface area contributed by atoms with Gasteiger partial charge in [0.25, 0.3) is 5.56 Å². The Morgan fingerprint density at radius 1 is 1.23 bits per heavy atom. The number of carbonyl (C=O) groups excluding carboxylic acids is 1. The van der Waals surface area contributed by atoms with Gasteiger partial charge in [-0.05, 0) is 23.8 Å². The summed E-state index contributed by atoms with van der Waals surface area (Å²) in [6, 6.07) is 13.4. The van der Waals surface area contributed by atoms with Crippen LogP contribution in [0.2, 0.25) is 0 Å². The fourth-order valence-electron chi connectivity index (χ4n) is 3.81. The van der Waals surface area contributed by atoms with Crippen LogP contribution >= 0.6 is 11.3 Å². The zero-order chi connectivity index (χ0) is 21.4. The molecule has 2 aromatic carbocycles. The van der Waals surface area contributed by atoms with E-state index in [1.807, 2.05) is 29.6 Å². The highest BCUT2D eigenvalue weighted by molar-refractivity contribution is 7.17. The molecule has 0 aliphatic carbocycles. The normalized spacial score (nSPS) is 15.3. The van der Waals surface area contributed by atoms with Crippen LogP contribution in [-0.4, -0.2) is 22.1 Å². The summed E-state index contributed by atoms with van der Waals surface area (Å²) in [5.74, 6) is 0.148. The molecule has 0 saturated carbocycles. The molecule has 0 spiro atoms. The molecule has 31 heavy (non-hydrogen) atoms. The van der Waals surface area contributed by atoms with Crippen molar-refractivity contribution in [2.45, 2.75) is 19.0 Å². The number of ether oxygens (including phenoxy) is 1. The first-order chi connectivity index (χ1) is 15.1. The maximum atomic E-state index is 13.3. The number of hydrogen-bond acceptors (Lipinski definition) is 5. The van der Waals surface area contributed by atoms with E-state index in [9.17, 15) is 14.0 Å². The summed E-state index contributed by atoms with van der Waals surface area (Å²) < 4.78 is 20.2. The van der Waals surface area contributed by atoms with Gasteiger partial charge in [-0.15, -0.1) is 11.3 Å². The number of fused-ring (bicyclic) bond motifs is 2. The lowest BCUT2D eigenvalue weighted by atomic mass is 10.0. The second kappa shape index (κ2) is 7.96. The van der Waals surface area contributed by atoms with Crippen LogP contribution in [0.4, 0.5) is 4.39 Å². The number of hydrogen-bond donors (Lipinski definition) is 1. The molecule has 0 saturated heterocycles. The number of nitrogens with zero attached hydrogens (tertiary/aromatic N) is 2. The Morgan fingerprint density at radius 3 is 2.87 bits per heavy atom. The maximum Gasteiger partial charge on any atom is 0.263 e. The van der Waals surface area contributed by atoms with Crippen molar-refractivity contribution in [3.8, 4) is 16.9 Å². The van der Waals surface area contributed by atoms with Crippen LogP contribution in [0.25, 0.3) is 21.3 Å². The van der Waals surface area contributed by atoms with Crippen molar-refractivity contribution in [3.05, 3.63) is 82.0 Å². The van der Waals surface area contributed by atoms with Crippen molar-refractivity contribution in [2.24, 2.45) is 0 Å². The lowest BCUT2D eigenvalue weighted by Crippen LogP contribution is -2.36. The SMILES string of the molecule is O=C(Cn1cnc2scc(-c3ccc(F)cc3)c2c1=O)NC1CCOc2ccccc21. The van der Waals surface area contributed by atoms with Crippen LogP contribution in [0, 0.1) is 5.82 Å². The monoisotopic (exact) mass is 435 g/mol. The number of amides is 1. The van der Waals surface area contributed by atoms with Gasteiger partial charge >= 0.3 is 0 Å². The van der Waals surface area contributed by atoms with E-state index in [4.69, 9.17) is 4.74 Å². The molecule has 8 heteroatoms. The fraction of sp³-hybridized carbons (Fsp3) is 0.174. The molecule has 1 unspecified atom stereocenters. The zero-order valence-corrected chi connectivity index (χ0v) is 17.2. The van der Waals surface area contributed by atoms with Gasteiger partial charge in [0.1, 0.15) is 22.9 Å². The molecule has 2 aromatic heterocycles. The minimum Gasteiger partial charge on any atom is -0.493 e. The summed E-state index contributed by atoms with van der Waals surface area (Å²) in [5.41, 5.74) is 2.05. The van der Waals surface area contributed by atoms with E-state index < -0.39 is 0 Å². The number of halogens is 1. The van der Waals surface area contributed by atoms with Crippen LogP contribution < -0.4 is 15.6 Å². The summed E-state index contributed by atoms with van der Waals surface area (Å²) in [4.78, 5) is 30.8. The first-order valence-electron chi connectivity index (χ1n) is 9.84. The Balaban J connectivity index is 1.42. The van der Waals surface area contributed by atoms with Crippen molar-refractivity contribution < 1.29 is 13.9 Å². The van der Waals surface area contributed by atoms with E-state index in [0.29, 0.717) is 28.8 Å². The number of benzene rings is 2. The minimum absolute atomic E-state index is 0.139. The van der Waals surface area contributed by atoms with E-state index in [2.05, 4.69) is 10.3 Å². The quantitative estimate of drug-likeness (QED) is 0.528. The highest BCUT2D eigenvalue weighted by Gasteiger charge is 2.23. The third-order valence-corrected chi connectivity index (χ3v) is 6.21. The molecule has 3 heterocycles. The molecule has 6 nitrogen and oxygen atoms in total. The fourth-order valence-corrected chi connectivity index (χ4v) is 4.72. The Hall–Kier alpha value is -3.52. The number of thiophene rings is 1. The molecule has 1 N–H and O–H groups in total. The van der Waals surface area contributed by atoms with Crippen molar-refractivity contribution in [1.82, 2.24) is 14.9 Å². The first kappa shape index (κ1) is 19.4. The van der Waals surface area contributed by atoms with Crippen molar-refractivity contribution in [1.29, 1.82) is 0 Å². The van der Waals surface area contributed by atoms with Gasteiger partial charge in [-0.1, -0.05) is 30.3 Å². The average Bonchev–Trinajstić information content (AvgIpc) is 3.21. The molecule has 1 atom stereocenters. The van der Waals surface area contributed by atoms with Gasteiger partial charge in [0, 0.05) is 22.9 Å². The Bertz CT molecular complexity index is 1330. The van der Waals surface area contributed by atoms with Gasteiger partial charge in [0.05, 0.1) is 24.4 Å². The van der Waals surface area contributed by atoms with Crippen molar-refractivity contribution >= 4 is 27.5 Å². The third-order valence-electron chi connectivity index (χ3n) is 5.32. The predicted molar refractivity (Wildman–Crippen MR) is 117 cm³/mol. The second-order valence-electron chi connectivity index (χ2n) is 7.31. The smallest absolute Gasteiger partial charge is 0.263 e. The predicted octanol–water partition coefficient (Wildman–Crippen LogP) is 3.90. The molecule has 1 amide bonds. The van der Waals surface area contributed by atoms with E-state index in [0.717, 1.165) is 16.9 Å². The standard InChI is InChI=1S/C23H18FN3O3S/c24-15-7-5-14(6-8-15)17-12-31-22-21(17)23(29)27(13-25-22)11-20(28)26-18-9-10-30-19-4-2-1-3-16(18)19/h1-8,12-13,18H,9-11H2,(H,26,28). The Kier molecular flexibility index (Phi) is 4.99. The molecule has 0 radical (unpaired) electrons. The number of para-hydroxylation sites is 1. The van der Waals surface area contributed by atoms with Gasteiger partial charge in [0.15, 0.2) is 0 Å². The summed E-state index contributed by atoms with van der Waals surface area (Å²) in [7, 11) is 0. The third kappa shape index (κ3) is 3.70. The zero-order valence-electron chi connectivity index (χ0n) is 16.4. The second-order valence-corrected chi connectivity index (χ2v) is 8.17. The summed E-state index contributed by atoms with van der Waals surface area (Å²) in [5, 5.41) is 5.26. The molecule has 5 rings (SSSR count). The van der Waals surface area contributed by atoms with Gasteiger partial charge in [-0.25, -0.2) is 9.37 Å². The Morgan fingerprint density at radius 2 is 2.03 bits per heavy atom. The van der Waals surface area contributed by atoms with Crippen LogP contribution in [0.5, 0.6) is 5.75 Å². The number of aromatic nitrogens is 2. The van der Waals surface area contributed by atoms with Gasteiger partial charge < -0.3 is 10.1 Å². The molecule has 0 fully saturated rings. The summed E-state index contributed by atoms with van der Waals surface area (Å²) >= 11 is 1.34. The molecular weight excluding hydrogens is 417 g/mol. The molecule has 1 aliphatic rings. The molecule has 4 aromatic rings. The van der Waals surface area contributed by atoms with Gasteiger partial charge in [0.2, 0.25) is 5.91 Å². The van der Waals surface area contributed by atoms with Crippen molar-refractivity contribution in [2.75, 3.05) is 6.61 Å². The van der Waals surface area contributed by atoms with Gasteiger partial charge in [-0.2, -0.15) is 0 Å². The number of carbonyl (C=O) groups is 1. The molecule has 156 valence electrons. The largest absolute Gasteiger partial charge is 0.493 e. The first-order valence-corrected chi connectivity index (χ1v) is 10.7. The van der Waals surface area contributed by atoms with E-state index in [1.165, 1.54) is 34.4 Å². The van der Waals surface area contributed by atoms with E-state index >= 15 is 0 Å². The highest BCUT2D eigenvalue weighted by atomic mass is 32.1. The van der Waals surface area contributed by atoms with Crippen molar-refractivity contribution in [3.63, 3.8) is 0 Å². The molecule has 0 bridgehead atoms. The number of rotatable bonds is 4. The van der Waals surface area contributed by atoms with Crippen LogP contribution in [0.1, 0.15) is 18.0 Å². The molecule has 1 aliphatic heterocycles. The minimum atomic E-state index is -0.342. The topological polar surface area (TPSA) is 73.2 Å². The van der Waals surface area contributed by atoms with E-state index in [1.54, 1.807) is 12.1 Å². The molecular formula is C23H18FN3O3S. The average molecular weight is 435 g/mol. The summed E-state index contributed by atoms with van der Waals surface area (Å²) in [6.07, 6.45) is 2.06. The van der Waals surface area contributed by atoms with Gasteiger partial charge in [-0.3, -0.25) is 14.2 Å². The van der Waals surface area contributed by atoms with E-state index in [-0.39, 0.29) is 29.9 Å².